The third-order valence-electron chi connectivity index (χ3n) is 3.82. The highest BCUT2D eigenvalue weighted by Crippen LogP contribution is 2.16. The van der Waals surface area contributed by atoms with E-state index in [1.165, 1.54) is 0 Å². The molecule has 1 aliphatic heterocycles. The van der Waals surface area contributed by atoms with E-state index in [1.807, 2.05) is 24.3 Å². The molecule has 124 valence electrons. The number of carbonyl (C=O) groups excluding carboxylic acids is 1. The quantitative estimate of drug-likeness (QED) is 0.874. The van der Waals surface area contributed by atoms with Gasteiger partial charge in [-0.1, -0.05) is 26.8 Å². The van der Waals surface area contributed by atoms with Gasteiger partial charge >= 0.3 is 0 Å². The number of ether oxygens (including phenoxy) is 1. The summed E-state index contributed by atoms with van der Waals surface area (Å²) in [5.74, 6) is 1.71. The summed E-state index contributed by atoms with van der Waals surface area (Å²) in [6, 6.07) is 7.61. The Labute approximate surface area is 139 Å². The topological polar surface area (TPSA) is 50.4 Å². The first-order valence-electron chi connectivity index (χ1n) is 7.80. The molecule has 2 atom stereocenters. The van der Waals surface area contributed by atoms with Gasteiger partial charge in [0.05, 0.1) is 6.61 Å². The van der Waals surface area contributed by atoms with Crippen LogP contribution >= 0.6 is 12.4 Å². The van der Waals surface area contributed by atoms with Gasteiger partial charge < -0.3 is 15.4 Å². The number of rotatable bonds is 5. The lowest BCUT2D eigenvalue weighted by Gasteiger charge is -2.30. The zero-order valence-corrected chi connectivity index (χ0v) is 14.4. The number of piperidine rings is 1. The third-order valence-corrected chi connectivity index (χ3v) is 3.82. The van der Waals surface area contributed by atoms with Crippen LogP contribution in [0.15, 0.2) is 24.3 Å². The molecule has 0 bridgehead atoms. The van der Waals surface area contributed by atoms with Crippen molar-refractivity contribution in [1.82, 2.24) is 10.6 Å². The minimum atomic E-state index is -0.0226. The molecule has 0 aromatic heterocycles. The minimum absolute atomic E-state index is 0. The van der Waals surface area contributed by atoms with Crippen LogP contribution in [0.3, 0.4) is 0 Å². The van der Waals surface area contributed by atoms with Gasteiger partial charge in [-0.2, -0.15) is 0 Å². The van der Waals surface area contributed by atoms with Crippen molar-refractivity contribution < 1.29 is 9.53 Å². The Kier molecular flexibility index (Phi) is 7.69. The maximum absolute atomic E-state index is 12.4. The van der Waals surface area contributed by atoms with E-state index in [1.54, 1.807) is 0 Å². The number of nitrogens with one attached hydrogen (secondary N) is 2. The number of hydrogen-bond acceptors (Lipinski definition) is 3. The molecule has 1 aliphatic rings. The predicted molar refractivity (Wildman–Crippen MR) is 91.9 cm³/mol. The first-order chi connectivity index (χ1) is 10.1. The fourth-order valence-corrected chi connectivity index (χ4v) is 2.42. The molecule has 1 aromatic rings. The van der Waals surface area contributed by atoms with Crippen LogP contribution in [0.4, 0.5) is 0 Å². The molecule has 0 aliphatic carbocycles. The molecule has 0 radical (unpaired) electrons. The van der Waals surface area contributed by atoms with Gasteiger partial charge in [0, 0.05) is 18.2 Å². The molecular weight excluding hydrogens is 300 g/mol. The van der Waals surface area contributed by atoms with Gasteiger partial charge in [0.15, 0.2) is 0 Å². The van der Waals surface area contributed by atoms with Crippen molar-refractivity contribution in [3.63, 3.8) is 0 Å². The van der Waals surface area contributed by atoms with E-state index in [0.717, 1.165) is 25.3 Å². The SMILES string of the molecule is CC(C)COc1cccc(C(=O)NC2CNCCC2C)c1.Cl. The van der Waals surface area contributed by atoms with Gasteiger partial charge in [-0.05, 0) is 43.0 Å². The number of amides is 1. The van der Waals surface area contributed by atoms with Crippen molar-refractivity contribution in [3.05, 3.63) is 29.8 Å². The second-order valence-electron chi connectivity index (χ2n) is 6.28. The van der Waals surface area contributed by atoms with Gasteiger partial charge in [-0.3, -0.25) is 4.79 Å². The van der Waals surface area contributed by atoms with Crippen LogP contribution in [0.1, 0.15) is 37.6 Å². The fraction of sp³-hybridized carbons (Fsp3) is 0.588. The molecule has 0 saturated carbocycles. The minimum Gasteiger partial charge on any atom is -0.493 e. The normalized spacial score (nSPS) is 21.1. The zero-order chi connectivity index (χ0) is 15.2. The van der Waals surface area contributed by atoms with Crippen LogP contribution in [0.5, 0.6) is 5.75 Å². The summed E-state index contributed by atoms with van der Waals surface area (Å²) < 4.78 is 5.68. The monoisotopic (exact) mass is 326 g/mol. The van der Waals surface area contributed by atoms with Gasteiger partial charge in [0.1, 0.15) is 5.75 Å². The molecule has 1 heterocycles. The molecule has 4 nitrogen and oxygen atoms in total. The summed E-state index contributed by atoms with van der Waals surface area (Å²) in [6.07, 6.45) is 1.10. The van der Waals surface area contributed by atoms with Gasteiger partial charge in [-0.15, -0.1) is 12.4 Å². The van der Waals surface area contributed by atoms with Crippen LogP contribution in [0, 0.1) is 11.8 Å². The molecule has 22 heavy (non-hydrogen) atoms. The molecule has 1 fully saturated rings. The highest BCUT2D eigenvalue weighted by Gasteiger charge is 2.23. The van der Waals surface area contributed by atoms with Crippen LogP contribution in [0.25, 0.3) is 0 Å². The van der Waals surface area contributed by atoms with Crippen molar-refractivity contribution >= 4 is 18.3 Å². The Morgan fingerprint density at radius 1 is 1.45 bits per heavy atom. The van der Waals surface area contributed by atoms with Crippen molar-refractivity contribution in [2.24, 2.45) is 11.8 Å². The van der Waals surface area contributed by atoms with E-state index in [4.69, 9.17) is 4.74 Å². The molecular formula is C17H27ClN2O2. The van der Waals surface area contributed by atoms with Crippen molar-refractivity contribution in [3.8, 4) is 5.75 Å². The summed E-state index contributed by atoms with van der Waals surface area (Å²) in [4.78, 5) is 12.4. The molecule has 1 amide bonds. The van der Waals surface area contributed by atoms with Crippen molar-refractivity contribution in [2.45, 2.75) is 33.2 Å². The molecule has 2 N–H and O–H groups in total. The number of hydrogen-bond donors (Lipinski definition) is 2. The average molecular weight is 327 g/mol. The van der Waals surface area contributed by atoms with Crippen LogP contribution in [0.2, 0.25) is 0 Å². The highest BCUT2D eigenvalue weighted by molar-refractivity contribution is 5.94. The third kappa shape index (κ3) is 5.50. The summed E-state index contributed by atoms with van der Waals surface area (Å²) in [6.45, 7) is 8.94. The van der Waals surface area contributed by atoms with E-state index < -0.39 is 0 Å². The van der Waals surface area contributed by atoms with Gasteiger partial charge in [0.2, 0.25) is 0 Å². The average Bonchev–Trinajstić information content (AvgIpc) is 2.48. The number of benzene rings is 1. The van der Waals surface area contributed by atoms with Crippen molar-refractivity contribution in [1.29, 1.82) is 0 Å². The first-order valence-corrected chi connectivity index (χ1v) is 7.80. The molecule has 5 heteroatoms. The van der Waals surface area contributed by atoms with E-state index in [0.29, 0.717) is 24.0 Å². The van der Waals surface area contributed by atoms with Crippen LogP contribution < -0.4 is 15.4 Å². The highest BCUT2D eigenvalue weighted by atomic mass is 35.5. The molecule has 2 unspecified atom stereocenters. The summed E-state index contributed by atoms with van der Waals surface area (Å²) in [5, 5.41) is 6.45. The standard InChI is InChI=1S/C17H26N2O2.ClH/c1-12(2)11-21-15-6-4-5-14(9-15)17(20)19-16-10-18-8-7-13(16)3;/h4-6,9,12-13,16,18H,7-8,10-11H2,1-3H3,(H,19,20);1H. The Morgan fingerprint density at radius 3 is 2.91 bits per heavy atom. The summed E-state index contributed by atoms with van der Waals surface area (Å²) in [5.41, 5.74) is 0.661. The Balaban J connectivity index is 0.00000242. The molecule has 1 aromatic carbocycles. The first kappa shape index (κ1) is 18.8. The Bertz CT molecular complexity index is 479. The largest absolute Gasteiger partial charge is 0.493 e. The summed E-state index contributed by atoms with van der Waals surface area (Å²) in [7, 11) is 0. The Morgan fingerprint density at radius 2 is 2.23 bits per heavy atom. The number of carbonyl (C=O) groups is 1. The van der Waals surface area contributed by atoms with Gasteiger partial charge in [-0.25, -0.2) is 0 Å². The summed E-state index contributed by atoms with van der Waals surface area (Å²) >= 11 is 0. The second kappa shape index (κ2) is 9.01. The van der Waals surface area contributed by atoms with E-state index in [-0.39, 0.29) is 24.4 Å². The predicted octanol–water partition coefficient (Wildman–Crippen LogP) is 2.87. The maximum atomic E-state index is 12.4. The molecule has 0 spiro atoms. The molecule has 2 rings (SSSR count). The second-order valence-corrected chi connectivity index (χ2v) is 6.28. The maximum Gasteiger partial charge on any atom is 0.251 e. The molecule has 1 saturated heterocycles. The van der Waals surface area contributed by atoms with Crippen LogP contribution in [-0.4, -0.2) is 31.6 Å². The van der Waals surface area contributed by atoms with Gasteiger partial charge in [0.25, 0.3) is 5.91 Å². The van der Waals surface area contributed by atoms with Crippen LogP contribution in [-0.2, 0) is 0 Å². The van der Waals surface area contributed by atoms with E-state index in [2.05, 4.69) is 31.4 Å². The lowest BCUT2D eigenvalue weighted by molar-refractivity contribution is 0.0914. The lowest BCUT2D eigenvalue weighted by Crippen LogP contribution is -2.50. The lowest BCUT2D eigenvalue weighted by atomic mass is 9.94. The smallest absolute Gasteiger partial charge is 0.251 e. The van der Waals surface area contributed by atoms with Crippen molar-refractivity contribution in [2.75, 3.05) is 19.7 Å². The van der Waals surface area contributed by atoms with E-state index in [9.17, 15) is 4.79 Å². The fourth-order valence-electron chi connectivity index (χ4n) is 2.42. The van der Waals surface area contributed by atoms with E-state index >= 15 is 0 Å². The zero-order valence-electron chi connectivity index (χ0n) is 13.6. The number of halogens is 1. The Hall–Kier alpha value is -1.26.